The smallest absolute Gasteiger partial charge is 0.411 e. The van der Waals surface area contributed by atoms with E-state index in [9.17, 15) is 14.9 Å². The van der Waals surface area contributed by atoms with Gasteiger partial charge in [0.15, 0.2) is 0 Å². The molecule has 1 heterocycles. The van der Waals surface area contributed by atoms with Crippen LogP contribution in [0.1, 0.15) is 58.1 Å². The number of rotatable bonds is 5. The van der Waals surface area contributed by atoms with Gasteiger partial charge in [0, 0.05) is 12.5 Å². The number of nitrogens with one attached hydrogen (secondary N) is 1. The van der Waals surface area contributed by atoms with Crippen molar-refractivity contribution in [1.29, 1.82) is 5.26 Å². The van der Waals surface area contributed by atoms with E-state index in [2.05, 4.69) is 18.0 Å². The number of ether oxygens (including phenoxy) is 1. The van der Waals surface area contributed by atoms with E-state index in [1.165, 1.54) is 0 Å². The highest BCUT2D eigenvalue weighted by Gasteiger charge is 2.52. The Hall–Kier alpha value is -2.81. The molecule has 0 spiro atoms. The molecule has 4 atom stereocenters. The van der Waals surface area contributed by atoms with Gasteiger partial charge < -0.3 is 10.1 Å². The number of nitrogens with zero attached hydrogens (tertiary/aromatic N) is 2. The van der Waals surface area contributed by atoms with Crippen molar-refractivity contribution in [2.45, 2.75) is 77.1 Å². The summed E-state index contributed by atoms with van der Waals surface area (Å²) in [4.78, 5) is 27.4. The van der Waals surface area contributed by atoms with Crippen molar-refractivity contribution in [3.63, 3.8) is 0 Å². The molecular weight excluding hydrogens is 378 g/mol. The third kappa shape index (κ3) is 4.84. The zero-order valence-corrected chi connectivity index (χ0v) is 18.3. The van der Waals surface area contributed by atoms with Crippen LogP contribution in [0.5, 0.6) is 0 Å². The Morgan fingerprint density at radius 1 is 1.30 bits per heavy atom. The predicted octanol–water partition coefficient (Wildman–Crippen LogP) is 4.06. The number of hydrogen-bond donors (Lipinski definition) is 1. The molecule has 1 aromatic rings. The van der Waals surface area contributed by atoms with Crippen LogP contribution in [0.3, 0.4) is 0 Å². The molecule has 1 saturated heterocycles. The summed E-state index contributed by atoms with van der Waals surface area (Å²) in [6, 6.07) is 8.83. The first kappa shape index (κ1) is 21.9. The third-order valence-electron chi connectivity index (χ3n) is 5.82. The maximum Gasteiger partial charge on any atom is 0.411 e. The van der Waals surface area contributed by atoms with E-state index in [-0.39, 0.29) is 17.9 Å². The molecule has 0 aromatic heterocycles. The van der Waals surface area contributed by atoms with Crippen LogP contribution in [-0.2, 0) is 16.0 Å². The Labute approximate surface area is 178 Å². The fourth-order valence-electron chi connectivity index (χ4n) is 4.45. The van der Waals surface area contributed by atoms with Crippen LogP contribution in [0, 0.1) is 17.2 Å². The van der Waals surface area contributed by atoms with E-state index in [0.29, 0.717) is 6.42 Å². The molecule has 2 aliphatic rings. The number of amides is 2. The van der Waals surface area contributed by atoms with Gasteiger partial charge in [-0.25, -0.2) is 4.79 Å². The molecule has 0 radical (unpaired) electrons. The lowest BCUT2D eigenvalue weighted by Crippen LogP contribution is -2.55. The van der Waals surface area contributed by atoms with Crippen molar-refractivity contribution in [3.8, 4) is 6.07 Å². The van der Waals surface area contributed by atoms with Crippen LogP contribution < -0.4 is 5.32 Å². The molecule has 1 saturated carbocycles. The third-order valence-corrected chi connectivity index (χ3v) is 5.82. The minimum absolute atomic E-state index is 0.0378. The van der Waals surface area contributed by atoms with Gasteiger partial charge in [0.2, 0.25) is 5.91 Å². The second-order valence-corrected chi connectivity index (χ2v) is 9.43. The fourth-order valence-corrected chi connectivity index (χ4v) is 4.45. The molecule has 1 aliphatic carbocycles. The SMILES string of the molecule is C=C(C)c1ccc(C[C@@H](C#N)NC(=O)[C@@H]2[C@H]3CC[C@H](C3)N2C(=O)OC(C)(C)C)cc1. The summed E-state index contributed by atoms with van der Waals surface area (Å²) < 4.78 is 5.55. The second kappa shape index (κ2) is 8.51. The molecule has 3 rings (SSSR count). The molecular formula is C24H31N3O3. The van der Waals surface area contributed by atoms with Gasteiger partial charge in [-0.1, -0.05) is 36.4 Å². The molecule has 0 unspecified atom stereocenters. The Morgan fingerprint density at radius 3 is 2.53 bits per heavy atom. The van der Waals surface area contributed by atoms with Gasteiger partial charge in [-0.3, -0.25) is 9.69 Å². The summed E-state index contributed by atoms with van der Waals surface area (Å²) in [7, 11) is 0. The number of nitriles is 1. The Bertz CT molecular complexity index is 863. The molecule has 1 N–H and O–H groups in total. The van der Waals surface area contributed by atoms with Crippen LogP contribution in [-0.4, -0.2) is 40.6 Å². The standard InChI is InChI=1S/C24H31N3O3/c1-15(2)17-8-6-16(7-9-17)12-19(14-25)26-22(28)21-18-10-11-20(13-18)27(21)23(29)30-24(3,4)5/h6-9,18-21H,1,10-13H2,2-5H3,(H,26,28)/t18-,19-,20+,21-/m0/s1. The van der Waals surface area contributed by atoms with Gasteiger partial charge in [-0.05, 0) is 64.0 Å². The summed E-state index contributed by atoms with van der Waals surface area (Å²) >= 11 is 0. The molecule has 30 heavy (non-hydrogen) atoms. The Kier molecular flexibility index (Phi) is 6.21. The quantitative estimate of drug-likeness (QED) is 0.795. The number of fused-ring (bicyclic) bond motifs is 2. The highest BCUT2D eigenvalue weighted by atomic mass is 16.6. The van der Waals surface area contributed by atoms with Crippen LogP contribution in [0.4, 0.5) is 4.79 Å². The molecule has 1 aliphatic heterocycles. The highest BCUT2D eigenvalue weighted by molar-refractivity contribution is 5.87. The number of carbonyl (C=O) groups excluding carboxylic acids is 2. The maximum absolute atomic E-state index is 13.1. The Balaban J connectivity index is 1.68. The van der Waals surface area contributed by atoms with Crippen LogP contribution in [0.2, 0.25) is 0 Å². The summed E-state index contributed by atoms with van der Waals surface area (Å²) in [6.45, 7) is 11.3. The van der Waals surface area contributed by atoms with Crippen LogP contribution in [0.25, 0.3) is 5.57 Å². The van der Waals surface area contributed by atoms with Gasteiger partial charge >= 0.3 is 6.09 Å². The largest absolute Gasteiger partial charge is 0.444 e. The molecule has 160 valence electrons. The molecule has 1 aromatic carbocycles. The summed E-state index contributed by atoms with van der Waals surface area (Å²) in [6.07, 6.45) is 2.59. The number of allylic oxidation sites excluding steroid dienone is 1. The number of likely N-dealkylation sites (tertiary alicyclic amines) is 1. The van der Waals surface area contributed by atoms with Crippen LogP contribution in [0.15, 0.2) is 30.8 Å². The molecule has 6 nitrogen and oxygen atoms in total. The number of carbonyl (C=O) groups is 2. The topological polar surface area (TPSA) is 82.4 Å². The van der Waals surface area contributed by atoms with Crippen molar-refractivity contribution in [3.05, 3.63) is 42.0 Å². The van der Waals surface area contributed by atoms with Gasteiger partial charge in [-0.15, -0.1) is 0 Å². The van der Waals surface area contributed by atoms with Crippen molar-refractivity contribution in [1.82, 2.24) is 10.2 Å². The molecule has 2 fully saturated rings. The Morgan fingerprint density at radius 2 is 1.97 bits per heavy atom. The second-order valence-electron chi connectivity index (χ2n) is 9.43. The fraction of sp³-hybridized carbons (Fsp3) is 0.542. The van der Waals surface area contributed by atoms with E-state index in [0.717, 1.165) is 36.0 Å². The lowest BCUT2D eigenvalue weighted by molar-refractivity contribution is -0.128. The van der Waals surface area contributed by atoms with E-state index < -0.39 is 23.8 Å². The van der Waals surface area contributed by atoms with Crippen molar-refractivity contribution in [2.75, 3.05) is 0 Å². The first-order valence-corrected chi connectivity index (χ1v) is 10.5. The van der Waals surface area contributed by atoms with E-state index >= 15 is 0 Å². The first-order valence-electron chi connectivity index (χ1n) is 10.5. The van der Waals surface area contributed by atoms with Gasteiger partial charge in [0.05, 0.1) is 6.07 Å². The first-order chi connectivity index (χ1) is 14.1. The summed E-state index contributed by atoms with van der Waals surface area (Å²) in [5.41, 5.74) is 2.37. The van der Waals surface area contributed by atoms with Gasteiger partial charge in [-0.2, -0.15) is 5.26 Å². The average molecular weight is 410 g/mol. The lowest BCUT2D eigenvalue weighted by atomic mass is 9.97. The normalized spacial score (nSPS) is 23.6. The number of hydrogen-bond acceptors (Lipinski definition) is 4. The van der Waals surface area contributed by atoms with E-state index in [4.69, 9.17) is 4.74 Å². The van der Waals surface area contributed by atoms with Gasteiger partial charge in [0.25, 0.3) is 0 Å². The summed E-state index contributed by atoms with van der Waals surface area (Å²) in [5, 5.41) is 12.5. The average Bonchev–Trinajstić information content (AvgIpc) is 3.28. The predicted molar refractivity (Wildman–Crippen MR) is 115 cm³/mol. The van der Waals surface area contributed by atoms with Crippen molar-refractivity contribution >= 4 is 17.6 Å². The van der Waals surface area contributed by atoms with E-state index in [1.54, 1.807) is 4.90 Å². The van der Waals surface area contributed by atoms with Crippen molar-refractivity contribution < 1.29 is 14.3 Å². The van der Waals surface area contributed by atoms with Crippen molar-refractivity contribution in [2.24, 2.45) is 5.92 Å². The summed E-state index contributed by atoms with van der Waals surface area (Å²) in [5.74, 6) is -0.144. The lowest BCUT2D eigenvalue weighted by Gasteiger charge is -2.35. The molecule has 2 amide bonds. The maximum atomic E-state index is 13.1. The monoisotopic (exact) mass is 409 g/mol. The number of piperidine rings is 1. The minimum atomic E-state index is -0.659. The van der Waals surface area contributed by atoms with Crippen LogP contribution >= 0.6 is 0 Å². The molecule has 2 bridgehead atoms. The van der Waals surface area contributed by atoms with E-state index in [1.807, 2.05) is 52.0 Å². The van der Waals surface area contributed by atoms with Gasteiger partial charge in [0.1, 0.15) is 17.7 Å². The molecule has 6 heteroatoms. The zero-order chi connectivity index (χ0) is 22.1. The zero-order valence-electron chi connectivity index (χ0n) is 18.3. The minimum Gasteiger partial charge on any atom is -0.444 e. The number of benzene rings is 1. The highest BCUT2D eigenvalue weighted by Crippen LogP contribution is 2.43.